The van der Waals surface area contributed by atoms with Crippen molar-refractivity contribution in [2.75, 3.05) is 23.7 Å². The predicted octanol–water partition coefficient (Wildman–Crippen LogP) is 3.14. The second-order valence-corrected chi connectivity index (χ2v) is 7.81. The minimum Gasteiger partial charge on any atom is -0.349 e. The molecular formula is C23H27FN4O3. The SMILES string of the molecule is CC(=O)Nc1cc(NC(C)=O)cc(C(=O)NC2CCN(Cc3ccc(F)cc3)CC2)c1. The van der Waals surface area contributed by atoms with E-state index in [-0.39, 0.29) is 29.6 Å². The van der Waals surface area contributed by atoms with Crippen LogP contribution in [-0.2, 0) is 16.1 Å². The zero-order valence-corrected chi connectivity index (χ0v) is 17.7. The molecule has 0 aliphatic carbocycles. The normalized spacial score (nSPS) is 14.7. The van der Waals surface area contributed by atoms with E-state index >= 15 is 0 Å². The lowest BCUT2D eigenvalue weighted by Crippen LogP contribution is -2.44. The van der Waals surface area contributed by atoms with Crippen LogP contribution in [0.15, 0.2) is 42.5 Å². The van der Waals surface area contributed by atoms with Gasteiger partial charge >= 0.3 is 0 Å². The molecule has 0 unspecified atom stereocenters. The van der Waals surface area contributed by atoms with E-state index < -0.39 is 0 Å². The van der Waals surface area contributed by atoms with Crippen molar-refractivity contribution in [2.24, 2.45) is 0 Å². The van der Waals surface area contributed by atoms with Gasteiger partial charge in [0.2, 0.25) is 11.8 Å². The van der Waals surface area contributed by atoms with Crippen LogP contribution in [0.1, 0.15) is 42.6 Å². The topological polar surface area (TPSA) is 90.5 Å². The molecule has 31 heavy (non-hydrogen) atoms. The third-order valence-electron chi connectivity index (χ3n) is 5.08. The molecule has 0 atom stereocenters. The molecule has 2 aromatic carbocycles. The third-order valence-corrected chi connectivity index (χ3v) is 5.08. The number of amides is 3. The number of nitrogens with zero attached hydrogens (tertiary/aromatic N) is 1. The molecule has 1 heterocycles. The van der Waals surface area contributed by atoms with E-state index in [0.717, 1.165) is 38.0 Å². The van der Waals surface area contributed by atoms with Crippen LogP contribution in [0.2, 0.25) is 0 Å². The molecule has 0 aromatic heterocycles. The van der Waals surface area contributed by atoms with Crippen molar-refractivity contribution in [1.29, 1.82) is 0 Å². The van der Waals surface area contributed by atoms with Crippen LogP contribution in [0.3, 0.4) is 0 Å². The molecule has 3 N–H and O–H groups in total. The number of likely N-dealkylation sites (tertiary alicyclic amines) is 1. The first-order chi connectivity index (χ1) is 14.8. The highest BCUT2D eigenvalue weighted by molar-refractivity contribution is 6.00. The molecule has 3 rings (SSSR count). The maximum absolute atomic E-state index is 13.1. The summed E-state index contributed by atoms with van der Waals surface area (Å²) in [5.41, 5.74) is 2.31. The predicted molar refractivity (Wildman–Crippen MR) is 117 cm³/mol. The fourth-order valence-electron chi connectivity index (χ4n) is 3.66. The molecule has 1 aliphatic rings. The Labute approximate surface area is 181 Å². The summed E-state index contributed by atoms with van der Waals surface area (Å²) in [6.07, 6.45) is 1.60. The Balaban J connectivity index is 1.59. The summed E-state index contributed by atoms with van der Waals surface area (Å²) in [5, 5.41) is 8.35. The molecular weight excluding hydrogens is 399 g/mol. The number of nitrogens with one attached hydrogen (secondary N) is 3. The lowest BCUT2D eigenvalue weighted by atomic mass is 10.0. The Bertz CT molecular complexity index is 920. The molecule has 7 nitrogen and oxygen atoms in total. The highest BCUT2D eigenvalue weighted by atomic mass is 19.1. The van der Waals surface area contributed by atoms with Gasteiger partial charge in [-0.2, -0.15) is 0 Å². The smallest absolute Gasteiger partial charge is 0.251 e. The minimum atomic E-state index is -0.264. The van der Waals surface area contributed by atoms with Crippen LogP contribution in [0.25, 0.3) is 0 Å². The van der Waals surface area contributed by atoms with Crippen molar-refractivity contribution in [3.63, 3.8) is 0 Å². The number of anilines is 2. The molecule has 3 amide bonds. The molecule has 1 aliphatic heterocycles. The van der Waals surface area contributed by atoms with Crippen molar-refractivity contribution in [1.82, 2.24) is 10.2 Å². The lowest BCUT2D eigenvalue weighted by Gasteiger charge is -2.32. The maximum Gasteiger partial charge on any atom is 0.251 e. The highest BCUT2D eigenvalue weighted by Gasteiger charge is 2.22. The number of carbonyl (C=O) groups is 3. The summed E-state index contributed by atoms with van der Waals surface area (Å²) >= 11 is 0. The second kappa shape index (κ2) is 10.2. The van der Waals surface area contributed by atoms with Crippen molar-refractivity contribution in [3.8, 4) is 0 Å². The monoisotopic (exact) mass is 426 g/mol. The van der Waals surface area contributed by atoms with Gasteiger partial charge < -0.3 is 16.0 Å². The quantitative estimate of drug-likeness (QED) is 0.662. The number of hydrogen-bond acceptors (Lipinski definition) is 4. The third kappa shape index (κ3) is 6.89. The Morgan fingerprint density at radius 2 is 1.48 bits per heavy atom. The van der Waals surface area contributed by atoms with E-state index in [9.17, 15) is 18.8 Å². The minimum absolute atomic E-state index is 0.0330. The molecule has 0 radical (unpaired) electrons. The fraction of sp³-hybridized carbons (Fsp3) is 0.348. The molecule has 1 saturated heterocycles. The zero-order chi connectivity index (χ0) is 22.4. The van der Waals surface area contributed by atoms with Gasteiger partial charge in [-0.25, -0.2) is 4.39 Å². The van der Waals surface area contributed by atoms with Crippen molar-refractivity contribution in [2.45, 2.75) is 39.3 Å². The summed E-state index contributed by atoms with van der Waals surface area (Å²) in [6.45, 7) is 5.16. The lowest BCUT2D eigenvalue weighted by molar-refractivity contribution is -0.115. The van der Waals surface area contributed by atoms with E-state index in [2.05, 4.69) is 20.9 Å². The number of benzene rings is 2. The molecule has 164 valence electrons. The standard InChI is InChI=1S/C23H27FN4O3/c1-15(29)25-21-11-18(12-22(13-21)26-16(2)30)23(31)27-20-7-9-28(10-8-20)14-17-3-5-19(24)6-4-17/h3-6,11-13,20H,7-10,14H2,1-2H3,(H,25,29)(H,26,30)(H,27,31). The summed E-state index contributed by atoms with van der Waals surface area (Å²) < 4.78 is 13.1. The average molecular weight is 426 g/mol. The van der Waals surface area contributed by atoms with Gasteiger partial charge in [-0.1, -0.05) is 12.1 Å². The fourth-order valence-corrected chi connectivity index (χ4v) is 3.66. The number of rotatable bonds is 6. The summed E-state index contributed by atoms with van der Waals surface area (Å²) in [5.74, 6) is -1.02. The van der Waals surface area contributed by atoms with Gasteiger partial charge in [-0.05, 0) is 48.7 Å². The van der Waals surface area contributed by atoms with E-state index in [1.807, 2.05) is 0 Å². The van der Waals surface area contributed by atoms with Gasteiger partial charge in [-0.3, -0.25) is 19.3 Å². The van der Waals surface area contributed by atoms with Crippen LogP contribution in [0.4, 0.5) is 15.8 Å². The van der Waals surface area contributed by atoms with Crippen LogP contribution >= 0.6 is 0 Å². The van der Waals surface area contributed by atoms with E-state index in [4.69, 9.17) is 0 Å². The Morgan fingerprint density at radius 1 is 0.935 bits per heavy atom. The first kappa shape index (κ1) is 22.4. The van der Waals surface area contributed by atoms with Gasteiger partial charge in [-0.15, -0.1) is 0 Å². The molecule has 8 heteroatoms. The van der Waals surface area contributed by atoms with Gasteiger partial charge in [0.05, 0.1) is 0 Å². The van der Waals surface area contributed by atoms with Crippen LogP contribution < -0.4 is 16.0 Å². The summed E-state index contributed by atoms with van der Waals surface area (Å²) in [6, 6.07) is 11.3. The second-order valence-electron chi connectivity index (χ2n) is 7.81. The van der Waals surface area contributed by atoms with Crippen LogP contribution in [-0.4, -0.2) is 41.8 Å². The molecule has 0 saturated carbocycles. The molecule has 2 aromatic rings. The van der Waals surface area contributed by atoms with Gasteiger partial charge in [0.1, 0.15) is 5.82 Å². The average Bonchev–Trinajstić information content (AvgIpc) is 2.70. The summed E-state index contributed by atoms with van der Waals surface area (Å²) in [7, 11) is 0. The van der Waals surface area contributed by atoms with E-state index in [1.54, 1.807) is 30.3 Å². The molecule has 0 spiro atoms. The van der Waals surface area contributed by atoms with Crippen molar-refractivity contribution in [3.05, 3.63) is 59.4 Å². The van der Waals surface area contributed by atoms with Gasteiger partial charge in [0.15, 0.2) is 0 Å². The van der Waals surface area contributed by atoms with Crippen molar-refractivity contribution < 1.29 is 18.8 Å². The van der Waals surface area contributed by atoms with Crippen LogP contribution in [0, 0.1) is 5.82 Å². The number of halogens is 1. The van der Waals surface area contributed by atoms with Gasteiger partial charge in [0, 0.05) is 56.5 Å². The largest absolute Gasteiger partial charge is 0.349 e. The number of carbonyl (C=O) groups excluding carboxylic acids is 3. The first-order valence-corrected chi connectivity index (χ1v) is 10.3. The maximum atomic E-state index is 13.1. The van der Waals surface area contributed by atoms with E-state index in [1.165, 1.54) is 26.0 Å². The van der Waals surface area contributed by atoms with Crippen LogP contribution in [0.5, 0.6) is 0 Å². The van der Waals surface area contributed by atoms with Crippen molar-refractivity contribution >= 4 is 29.1 Å². The Morgan fingerprint density at radius 3 is 2.00 bits per heavy atom. The zero-order valence-electron chi connectivity index (χ0n) is 17.7. The van der Waals surface area contributed by atoms with E-state index in [0.29, 0.717) is 16.9 Å². The van der Waals surface area contributed by atoms with Gasteiger partial charge in [0.25, 0.3) is 5.91 Å². The Kier molecular flexibility index (Phi) is 7.36. The Hall–Kier alpha value is -3.26. The number of piperidine rings is 1. The molecule has 1 fully saturated rings. The highest BCUT2D eigenvalue weighted by Crippen LogP contribution is 2.21. The molecule has 0 bridgehead atoms. The summed E-state index contributed by atoms with van der Waals surface area (Å²) in [4.78, 5) is 37.9. The number of hydrogen-bond donors (Lipinski definition) is 3. The first-order valence-electron chi connectivity index (χ1n) is 10.3.